The Bertz CT molecular complexity index is 1070. The number of amides is 1. The third kappa shape index (κ3) is 60.1. The van der Waals surface area contributed by atoms with Crippen LogP contribution < -0.4 is 5.32 Å². The van der Waals surface area contributed by atoms with Crippen molar-refractivity contribution in [3.8, 4) is 0 Å². The van der Waals surface area contributed by atoms with Crippen LogP contribution in [0.2, 0.25) is 0 Å². The van der Waals surface area contributed by atoms with Crippen molar-refractivity contribution in [3.63, 3.8) is 0 Å². The lowest BCUT2D eigenvalue weighted by Crippen LogP contribution is -2.45. The molecule has 0 spiro atoms. The van der Waals surface area contributed by atoms with Gasteiger partial charge in [-0.2, -0.15) is 0 Å². The zero-order chi connectivity index (χ0) is 53.6. The Kier molecular flexibility index (Phi) is 63.4. The third-order valence-electron chi connectivity index (χ3n) is 16.4. The minimum atomic E-state index is -0.658. The van der Waals surface area contributed by atoms with Crippen molar-refractivity contribution in [1.29, 1.82) is 0 Å². The molecule has 0 heterocycles. The predicted molar refractivity (Wildman–Crippen MR) is 324 cm³/mol. The Morgan fingerprint density at radius 2 is 0.554 bits per heavy atom. The number of nitrogens with one attached hydrogen (secondary N) is 1. The van der Waals surface area contributed by atoms with Gasteiger partial charge in [0, 0.05) is 12.8 Å². The average Bonchev–Trinajstić information content (AvgIpc) is 3.40. The molecule has 0 aliphatic heterocycles. The van der Waals surface area contributed by atoms with Gasteiger partial charge in [-0.15, -0.1) is 0 Å². The van der Waals surface area contributed by atoms with Crippen LogP contribution in [0.1, 0.15) is 399 Å². The van der Waals surface area contributed by atoms with Gasteiger partial charge in [0.2, 0.25) is 5.91 Å². The summed E-state index contributed by atoms with van der Waals surface area (Å²) in [6, 6.07) is -0.535. The van der Waals surface area contributed by atoms with Crippen LogP contribution in [0, 0.1) is 0 Å². The number of aliphatic hydroxyl groups is 2. The molecule has 0 rings (SSSR count). The van der Waals surface area contributed by atoms with Gasteiger partial charge in [-0.05, 0) is 25.7 Å². The first kappa shape index (κ1) is 72.9. The number of hydrogen-bond acceptors (Lipinski definition) is 5. The minimum absolute atomic E-state index is 0.0253. The van der Waals surface area contributed by atoms with Crippen LogP contribution in [0.25, 0.3) is 0 Å². The lowest BCUT2D eigenvalue weighted by Gasteiger charge is -2.22. The van der Waals surface area contributed by atoms with E-state index in [9.17, 15) is 19.8 Å². The number of hydrogen-bond donors (Lipinski definition) is 3. The molecule has 0 aliphatic rings. The molecule has 0 aromatic heterocycles. The standard InChI is InChI=1S/C68H135NO5/c1-3-5-7-9-11-13-14-15-16-17-29-33-36-39-42-46-50-54-58-62-68(73)74-63-59-55-51-47-43-40-37-34-31-28-26-24-22-20-18-19-21-23-25-27-30-32-35-38-41-45-49-53-57-61-67(72)69-65(64-70)66(71)60-56-52-48-44-12-10-8-6-4-2/h65-66,70-71H,3-64H2,1-2H3,(H,69,72). The Labute approximate surface area is 464 Å². The van der Waals surface area contributed by atoms with E-state index < -0.39 is 12.1 Å². The second kappa shape index (κ2) is 64.4. The van der Waals surface area contributed by atoms with E-state index in [1.165, 1.54) is 327 Å². The van der Waals surface area contributed by atoms with Gasteiger partial charge >= 0.3 is 5.97 Å². The van der Waals surface area contributed by atoms with Crippen LogP contribution in [-0.2, 0) is 14.3 Å². The van der Waals surface area contributed by atoms with E-state index in [4.69, 9.17) is 4.74 Å². The maximum Gasteiger partial charge on any atom is 0.305 e. The quantitative estimate of drug-likeness (QED) is 0.0417. The fourth-order valence-corrected chi connectivity index (χ4v) is 11.2. The molecule has 0 fully saturated rings. The molecule has 0 aromatic carbocycles. The monoisotopic (exact) mass is 1050 g/mol. The molecule has 6 heteroatoms. The van der Waals surface area contributed by atoms with Gasteiger partial charge in [-0.3, -0.25) is 9.59 Å². The highest BCUT2D eigenvalue weighted by Gasteiger charge is 2.20. The second-order valence-corrected chi connectivity index (χ2v) is 23.9. The van der Waals surface area contributed by atoms with Gasteiger partial charge in [-0.25, -0.2) is 0 Å². The molecule has 0 bridgehead atoms. The highest BCUT2D eigenvalue weighted by molar-refractivity contribution is 5.76. The number of unbranched alkanes of at least 4 members (excludes halogenated alkanes) is 54. The number of carbonyl (C=O) groups is 2. The highest BCUT2D eigenvalue weighted by atomic mass is 16.5. The summed E-state index contributed by atoms with van der Waals surface area (Å²) in [5.74, 6) is -0.00620. The normalized spacial score (nSPS) is 12.4. The lowest BCUT2D eigenvalue weighted by atomic mass is 10.0. The average molecular weight is 1050 g/mol. The molecular formula is C68H135NO5. The summed E-state index contributed by atoms with van der Waals surface area (Å²) in [5.41, 5.74) is 0. The summed E-state index contributed by atoms with van der Waals surface area (Å²) in [6.45, 7) is 4.98. The molecule has 0 radical (unpaired) electrons. The molecule has 3 N–H and O–H groups in total. The number of carbonyl (C=O) groups excluding carboxylic acids is 2. The third-order valence-corrected chi connectivity index (χ3v) is 16.4. The smallest absolute Gasteiger partial charge is 0.305 e. The highest BCUT2D eigenvalue weighted by Crippen LogP contribution is 2.19. The number of esters is 1. The molecule has 0 aromatic rings. The van der Waals surface area contributed by atoms with Crippen LogP contribution in [-0.4, -0.2) is 47.4 Å². The minimum Gasteiger partial charge on any atom is -0.466 e. The fraction of sp³-hybridized carbons (Fsp3) is 0.971. The van der Waals surface area contributed by atoms with E-state index in [0.717, 1.165) is 38.5 Å². The van der Waals surface area contributed by atoms with Crippen LogP contribution >= 0.6 is 0 Å². The molecular weight excluding hydrogens is 911 g/mol. The van der Waals surface area contributed by atoms with E-state index in [1.807, 2.05) is 0 Å². The first-order valence-corrected chi connectivity index (χ1v) is 34.3. The maximum absolute atomic E-state index is 12.4. The molecule has 74 heavy (non-hydrogen) atoms. The van der Waals surface area contributed by atoms with E-state index in [2.05, 4.69) is 19.2 Å². The van der Waals surface area contributed by atoms with Crippen molar-refractivity contribution in [2.24, 2.45) is 0 Å². The molecule has 0 saturated carbocycles. The van der Waals surface area contributed by atoms with E-state index in [-0.39, 0.29) is 18.5 Å². The first-order chi connectivity index (χ1) is 36.5. The van der Waals surface area contributed by atoms with Gasteiger partial charge < -0.3 is 20.3 Å². The van der Waals surface area contributed by atoms with Crippen LogP contribution in [0.15, 0.2) is 0 Å². The van der Waals surface area contributed by atoms with Gasteiger partial charge in [0.1, 0.15) is 0 Å². The molecule has 1 amide bonds. The van der Waals surface area contributed by atoms with Crippen molar-refractivity contribution < 1.29 is 24.5 Å². The summed E-state index contributed by atoms with van der Waals surface area (Å²) < 4.78 is 5.51. The van der Waals surface area contributed by atoms with Crippen molar-refractivity contribution in [1.82, 2.24) is 5.32 Å². The van der Waals surface area contributed by atoms with Crippen molar-refractivity contribution in [2.75, 3.05) is 13.2 Å². The first-order valence-electron chi connectivity index (χ1n) is 34.3. The van der Waals surface area contributed by atoms with E-state index >= 15 is 0 Å². The van der Waals surface area contributed by atoms with Gasteiger partial charge in [0.15, 0.2) is 0 Å². The van der Waals surface area contributed by atoms with Gasteiger partial charge in [0.25, 0.3) is 0 Å². The van der Waals surface area contributed by atoms with Crippen LogP contribution in [0.5, 0.6) is 0 Å². The molecule has 2 atom stereocenters. The number of aliphatic hydroxyl groups excluding tert-OH is 2. The van der Waals surface area contributed by atoms with Crippen LogP contribution in [0.3, 0.4) is 0 Å². The Balaban J connectivity index is 3.27. The van der Waals surface area contributed by atoms with Crippen LogP contribution in [0.4, 0.5) is 0 Å². The topological polar surface area (TPSA) is 95.9 Å². The van der Waals surface area contributed by atoms with Gasteiger partial charge in [-0.1, -0.05) is 361 Å². The SMILES string of the molecule is CCCCCCCCCCCCCCCCCCCCCC(=O)OCCCCCCCCCCCCCCCCCCCCCCCCCCCCCCCC(=O)NC(CO)C(O)CCCCCCCCCCC. The maximum atomic E-state index is 12.4. The second-order valence-electron chi connectivity index (χ2n) is 23.9. The molecule has 0 aliphatic carbocycles. The molecule has 0 saturated heterocycles. The number of rotatable bonds is 65. The Morgan fingerprint density at radius 3 is 0.824 bits per heavy atom. The van der Waals surface area contributed by atoms with Crippen molar-refractivity contribution in [2.45, 2.75) is 411 Å². The summed E-state index contributed by atoms with van der Waals surface area (Å²) in [7, 11) is 0. The fourth-order valence-electron chi connectivity index (χ4n) is 11.2. The summed E-state index contributed by atoms with van der Waals surface area (Å²) in [5, 5.41) is 23.1. The molecule has 2 unspecified atom stereocenters. The Morgan fingerprint density at radius 1 is 0.324 bits per heavy atom. The predicted octanol–water partition coefficient (Wildman–Crippen LogP) is 21.8. The number of ether oxygens (including phenoxy) is 1. The largest absolute Gasteiger partial charge is 0.466 e. The zero-order valence-corrected chi connectivity index (χ0v) is 50.6. The molecule has 442 valence electrons. The van der Waals surface area contributed by atoms with E-state index in [0.29, 0.717) is 25.9 Å². The van der Waals surface area contributed by atoms with Crippen molar-refractivity contribution >= 4 is 11.9 Å². The summed E-state index contributed by atoms with van der Waals surface area (Å²) in [4.78, 5) is 24.5. The Hall–Kier alpha value is -1.14. The van der Waals surface area contributed by atoms with Crippen molar-refractivity contribution in [3.05, 3.63) is 0 Å². The zero-order valence-electron chi connectivity index (χ0n) is 50.6. The lowest BCUT2D eigenvalue weighted by molar-refractivity contribution is -0.143. The van der Waals surface area contributed by atoms with E-state index in [1.54, 1.807) is 0 Å². The molecule has 6 nitrogen and oxygen atoms in total. The van der Waals surface area contributed by atoms with Gasteiger partial charge in [0.05, 0.1) is 25.4 Å². The summed E-state index contributed by atoms with van der Waals surface area (Å²) >= 11 is 0. The summed E-state index contributed by atoms with van der Waals surface area (Å²) in [6.07, 6.45) is 77.4.